The minimum absolute atomic E-state index is 0.0976. The van der Waals surface area contributed by atoms with Gasteiger partial charge in [-0.3, -0.25) is 14.9 Å². The van der Waals surface area contributed by atoms with Gasteiger partial charge in [-0.25, -0.2) is 4.79 Å². The number of hydrogen-bond acceptors (Lipinski definition) is 6. The quantitative estimate of drug-likeness (QED) is 0.454. The first kappa shape index (κ1) is 20.3. The lowest BCUT2D eigenvalue weighted by molar-refractivity contribution is -0.384. The Morgan fingerprint density at radius 2 is 1.86 bits per heavy atom. The third-order valence-corrected chi connectivity index (χ3v) is 4.85. The Labute approximate surface area is 168 Å². The van der Waals surface area contributed by atoms with Crippen molar-refractivity contribution in [1.29, 1.82) is 0 Å². The zero-order chi connectivity index (χ0) is 21.0. The van der Waals surface area contributed by atoms with Gasteiger partial charge in [-0.15, -0.1) is 0 Å². The second kappa shape index (κ2) is 8.72. The van der Waals surface area contributed by atoms with Crippen molar-refractivity contribution in [3.05, 3.63) is 63.2 Å². The van der Waals surface area contributed by atoms with Crippen LogP contribution >= 0.6 is 0 Å². The van der Waals surface area contributed by atoms with Crippen LogP contribution in [-0.2, 0) is 9.53 Å². The molecule has 1 aliphatic rings. The van der Waals surface area contributed by atoms with Gasteiger partial charge in [0.25, 0.3) is 11.6 Å². The number of nitrogens with zero attached hydrogens (tertiary/aromatic N) is 2. The fraction of sp³-hybridized carbons (Fsp3) is 0.333. The minimum atomic E-state index is -0.758. The van der Waals surface area contributed by atoms with Crippen LogP contribution in [-0.4, -0.2) is 36.5 Å². The molecule has 1 N–H and O–H groups in total. The van der Waals surface area contributed by atoms with Gasteiger partial charge in [0.1, 0.15) is 0 Å². The molecule has 29 heavy (non-hydrogen) atoms. The highest BCUT2D eigenvalue weighted by Gasteiger charge is 2.24. The standard InChI is InChI=1S/C21H23N3O5/c1-14-5-7-18(15(2)11-14)22-20(25)13-29-21(26)17-12-16(24(27)28)6-8-19(17)23-9-3-4-10-23/h5-8,11-12H,3-4,9-10,13H2,1-2H3,(H,22,25). The highest BCUT2D eigenvalue weighted by Crippen LogP contribution is 2.29. The Morgan fingerprint density at radius 1 is 1.14 bits per heavy atom. The third kappa shape index (κ3) is 4.90. The van der Waals surface area contributed by atoms with Crippen molar-refractivity contribution in [3.8, 4) is 0 Å². The summed E-state index contributed by atoms with van der Waals surface area (Å²) < 4.78 is 5.16. The molecule has 0 aliphatic carbocycles. The number of ether oxygens (including phenoxy) is 1. The summed E-state index contributed by atoms with van der Waals surface area (Å²) in [5, 5.41) is 13.8. The maximum Gasteiger partial charge on any atom is 0.341 e. The Bertz CT molecular complexity index is 951. The molecule has 1 saturated heterocycles. The molecule has 8 heteroatoms. The number of esters is 1. The van der Waals surface area contributed by atoms with Gasteiger partial charge in [0.15, 0.2) is 6.61 Å². The van der Waals surface area contributed by atoms with E-state index in [-0.39, 0.29) is 11.3 Å². The van der Waals surface area contributed by atoms with Crippen molar-refractivity contribution in [3.63, 3.8) is 0 Å². The van der Waals surface area contributed by atoms with E-state index in [0.29, 0.717) is 11.4 Å². The predicted molar refractivity (Wildman–Crippen MR) is 109 cm³/mol. The van der Waals surface area contributed by atoms with Gasteiger partial charge in [-0.05, 0) is 44.4 Å². The molecule has 0 aromatic heterocycles. The number of non-ortho nitro benzene ring substituents is 1. The fourth-order valence-electron chi connectivity index (χ4n) is 3.38. The number of nitrogens with one attached hydrogen (secondary N) is 1. The SMILES string of the molecule is Cc1ccc(NC(=O)COC(=O)c2cc([N+](=O)[O-])ccc2N2CCCC2)c(C)c1. The molecule has 1 heterocycles. The summed E-state index contributed by atoms with van der Waals surface area (Å²) in [7, 11) is 0. The maximum absolute atomic E-state index is 12.6. The van der Waals surface area contributed by atoms with Gasteiger partial charge in [-0.1, -0.05) is 17.7 Å². The molecule has 0 spiro atoms. The Balaban J connectivity index is 1.71. The van der Waals surface area contributed by atoms with E-state index in [1.165, 1.54) is 12.1 Å². The predicted octanol–water partition coefficient (Wildman–Crippen LogP) is 3.61. The monoisotopic (exact) mass is 397 g/mol. The number of amides is 1. The minimum Gasteiger partial charge on any atom is -0.452 e. The summed E-state index contributed by atoms with van der Waals surface area (Å²) in [6.07, 6.45) is 1.98. The van der Waals surface area contributed by atoms with Crippen molar-refractivity contribution in [2.24, 2.45) is 0 Å². The maximum atomic E-state index is 12.6. The molecule has 0 saturated carbocycles. The normalized spacial score (nSPS) is 13.2. The molecule has 3 rings (SSSR count). The van der Waals surface area contributed by atoms with E-state index in [1.54, 1.807) is 12.1 Å². The lowest BCUT2D eigenvalue weighted by Gasteiger charge is -2.20. The molecule has 2 aromatic carbocycles. The van der Waals surface area contributed by atoms with Crippen LogP contribution in [0.25, 0.3) is 0 Å². The van der Waals surface area contributed by atoms with Crippen LogP contribution < -0.4 is 10.2 Å². The van der Waals surface area contributed by atoms with Crippen LogP contribution in [0.3, 0.4) is 0 Å². The average molecular weight is 397 g/mol. The summed E-state index contributed by atoms with van der Waals surface area (Å²) in [6.45, 7) is 4.89. The summed E-state index contributed by atoms with van der Waals surface area (Å²) >= 11 is 0. The number of carbonyl (C=O) groups is 2. The lowest BCUT2D eigenvalue weighted by Crippen LogP contribution is -2.24. The van der Waals surface area contributed by atoms with Gasteiger partial charge >= 0.3 is 5.97 Å². The summed E-state index contributed by atoms with van der Waals surface area (Å²) in [5.41, 5.74) is 3.12. The first-order valence-electron chi connectivity index (χ1n) is 9.43. The molecule has 0 radical (unpaired) electrons. The van der Waals surface area contributed by atoms with Gasteiger partial charge in [-0.2, -0.15) is 0 Å². The van der Waals surface area contributed by atoms with Crippen LogP contribution in [0.15, 0.2) is 36.4 Å². The highest BCUT2D eigenvalue weighted by molar-refractivity contribution is 5.99. The molecule has 1 aliphatic heterocycles. The van der Waals surface area contributed by atoms with E-state index in [9.17, 15) is 19.7 Å². The first-order valence-corrected chi connectivity index (χ1v) is 9.43. The average Bonchev–Trinajstić information content (AvgIpc) is 3.22. The van der Waals surface area contributed by atoms with Crippen LogP contribution in [0.5, 0.6) is 0 Å². The van der Waals surface area contributed by atoms with Crippen molar-refractivity contribution in [2.45, 2.75) is 26.7 Å². The molecular weight excluding hydrogens is 374 g/mol. The van der Waals surface area contributed by atoms with E-state index in [1.807, 2.05) is 30.9 Å². The molecular formula is C21H23N3O5. The zero-order valence-electron chi connectivity index (χ0n) is 16.4. The molecule has 0 atom stereocenters. The van der Waals surface area contributed by atoms with Gasteiger partial charge in [0.2, 0.25) is 0 Å². The Kier molecular flexibility index (Phi) is 6.11. The van der Waals surface area contributed by atoms with Crippen molar-refractivity contribution in [1.82, 2.24) is 0 Å². The van der Waals surface area contributed by atoms with Crippen LogP contribution in [0.2, 0.25) is 0 Å². The topological polar surface area (TPSA) is 102 Å². The molecule has 2 aromatic rings. The second-order valence-electron chi connectivity index (χ2n) is 7.10. The first-order chi connectivity index (χ1) is 13.8. The van der Waals surface area contributed by atoms with E-state index in [0.717, 1.165) is 37.1 Å². The van der Waals surface area contributed by atoms with Crippen LogP contribution in [0.4, 0.5) is 17.1 Å². The molecule has 8 nitrogen and oxygen atoms in total. The third-order valence-electron chi connectivity index (χ3n) is 4.85. The summed E-state index contributed by atoms with van der Waals surface area (Å²) in [6, 6.07) is 9.74. The second-order valence-corrected chi connectivity index (χ2v) is 7.10. The smallest absolute Gasteiger partial charge is 0.341 e. The Morgan fingerprint density at radius 3 is 2.52 bits per heavy atom. The van der Waals surface area contributed by atoms with Crippen molar-refractivity contribution >= 4 is 28.9 Å². The number of rotatable bonds is 6. The zero-order valence-corrected chi connectivity index (χ0v) is 16.4. The van der Waals surface area contributed by atoms with E-state index >= 15 is 0 Å². The van der Waals surface area contributed by atoms with Gasteiger partial charge in [0.05, 0.1) is 16.2 Å². The van der Waals surface area contributed by atoms with Crippen molar-refractivity contribution in [2.75, 3.05) is 29.9 Å². The molecule has 1 amide bonds. The van der Waals surface area contributed by atoms with Gasteiger partial charge in [0, 0.05) is 30.9 Å². The number of nitro benzene ring substituents is 1. The number of hydrogen-bond donors (Lipinski definition) is 1. The fourth-order valence-corrected chi connectivity index (χ4v) is 3.38. The lowest BCUT2D eigenvalue weighted by atomic mass is 10.1. The Hall–Kier alpha value is -3.42. The molecule has 152 valence electrons. The summed E-state index contributed by atoms with van der Waals surface area (Å²) in [5.74, 6) is -1.23. The number of aryl methyl sites for hydroxylation is 2. The number of nitro groups is 1. The molecule has 0 unspecified atom stereocenters. The largest absolute Gasteiger partial charge is 0.452 e. The molecule has 0 bridgehead atoms. The van der Waals surface area contributed by atoms with Gasteiger partial charge < -0.3 is 15.0 Å². The highest BCUT2D eigenvalue weighted by atomic mass is 16.6. The van der Waals surface area contributed by atoms with Crippen molar-refractivity contribution < 1.29 is 19.2 Å². The van der Waals surface area contributed by atoms with Crippen LogP contribution in [0, 0.1) is 24.0 Å². The summed E-state index contributed by atoms with van der Waals surface area (Å²) in [4.78, 5) is 37.4. The number of anilines is 2. The van der Waals surface area contributed by atoms with Crippen LogP contribution in [0.1, 0.15) is 34.3 Å². The van der Waals surface area contributed by atoms with E-state index in [4.69, 9.17) is 4.74 Å². The van der Waals surface area contributed by atoms with E-state index in [2.05, 4.69) is 5.32 Å². The molecule has 1 fully saturated rings. The number of benzene rings is 2. The van der Waals surface area contributed by atoms with E-state index < -0.39 is 23.4 Å². The number of carbonyl (C=O) groups excluding carboxylic acids is 2.